The second kappa shape index (κ2) is 30.7. The van der Waals surface area contributed by atoms with Gasteiger partial charge in [-0.25, -0.2) is 0 Å². The molecule has 5 aliphatic carbocycles. The van der Waals surface area contributed by atoms with Crippen molar-refractivity contribution >= 4 is 77.2 Å². The molecule has 21 aromatic carbocycles. The SMILES string of the molecule is CC1(C)c2cc(-c3ccccc3)ccc2-c2ccc(N(c3ccc4c(c3)C(C)(C)c3cc(-c5ccc6ccccc6c5)ccc3-4)c3ccc4c(c3)C(C)(C)c3cc(-c5ccc6ccccc6c5)ccc3-4)cc21.CC1(C)c2ccccc2-c2ccc(-c3ccc(N(c4ccc(-c5ccccc5)cc4)c4ccc5c(c4)C(C)(C)c4cc(-c6cc7ccccc7c7ccccc67)ccc4-5)cc3)cc21. The Morgan fingerprint density at radius 2 is 0.363 bits per heavy atom. The summed E-state index contributed by atoms with van der Waals surface area (Å²) in [5, 5.41) is 10.2. The highest BCUT2D eigenvalue weighted by molar-refractivity contribution is 6.14. The van der Waals surface area contributed by atoms with Crippen molar-refractivity contribution in [3.05, 3.63) is 492 Å². The van der Waals surface area contributed by atoms with Gasteiger partial charge in [0.25, 0.3) is 0 Å². The van der Waals surface area contributed by atoms with E-state index in [1.807, 2.05) is 0 Å². The van der Waals surface area contributed by atoms with Crippen molar-refractivity contribution in [3.8, 4) is 122 Å². The van der Waals surface area contributed by atoms with Gasteiger partial charge in [0.1, 0.15) is 0 Å². The minimum absolute atomic E-state index is 0.0437. The van der Waals surface area contributed by atoms with E-state index in [0.717, 1.165) is 34.1 Å². The number of hydrogen-bond donors (Lipinski definition) is 0. The van der Waals surface area contributed by atoms with Crippen molar-refractivity contribution < 1.29 is 0 Å². The van der Waals surface area contributed by atoms with Gasteiger partial charge in [-0.3, -0.25) is 0 Å². The summed E-state index contributed by atoms with van der Waals surface area (Å²) in [7, 11) is 0. The Hall–Kier alpha value is -15.7. The summed E-state index contributed by atoms with van der Waals surface area (Å²) < 4.78 is 0. The highest BCUT2D eigenvalue weighted by atomic mass is 15.1. The lowest BCUT2D eigenvalue weighted by Crippen LogP contribution is -2.19. The van der Waals surface area contributed by atoms with Crippen LogP contribution in [0, 0.1) is 0 Å². The molecule has 5 aliphatic rings. The molecule has 135 heavy (non-hydrogen) atoms. The van der Waals surface area contributed by atoms with Crippen molar-refractivity contribution in [1.82, 2.24) is 0 Å². The molecular weight excluding hydrogens is 1630 g/mol. The Kier molecular flexibility index (Phi) is 18.5. The summed E-state index contributed by atoms with van der Waals surface area (Å²) in [6.45, 7) is 24.0. The van der Waals surface area contributed by atoms with Gasteiger partial charge in [0.2, 0.25) is 0 Å². The van der Waals surface area contributed by atoms with Crippen LogP contribution in [0.1, 0.15) is 125 Å². The first-order chi connectivity index (χ1) is 65.6. The molecule has 0 amide bonds. The van der Waals surface area contributed by atoms with Crippen molar-refractivity contribution in [2.75, 3.05) is 9.80 Å². The monoisotopic (exact) mass is 1730 g/mol. The highest BCUT2D eigenvalue weighted by Gasteiger charge is 2.43. The smallest absolute Gasteiger partial charge is 0.0465 e. The number of rotatable bonds is 12. The van der Waals surface area contributed by atoms with Crippen LogP contribution in [0.15, 0.2) is 437 Å². The molecule has 0 fully saturated rings. The molecule has 0 unspecified atom stereocenters. The fourth-order valence-corrected chi connectivity index (χ4v) is 23.8. The number of benzene rings is 21. The predicted octanol–water partition coefficient (Wildman–Crippen LogP) is 36.5. The first-order valence-corrected chi connectivity index (χ1v) is 47.9. The Morgan fingerprint density at radius 3 is 0.770 bits per heavy atom. The van der Waals surface area contributed by atoms with Gasteiger partial charge in [-0.2, -0.15) is 0 Å². The van der Waals surface area contributed by atoms with Crippen LogP contribution in [0.5, 0.6) is 0 Å². The van der Waals surface area contributed by atoms with Crippen molar-refractivity contribution in [3.63, 3.8) is 0 Å². The molecule has 0 bridgehead atoms. The third-order valence-corrected chi connectivity index (χ3v) is 31.3. The molecule has 0 saturated heterocycles. The Labute approximate surface area is 792 Å². The van der Waals surface area contributed by atoms with Gasteiger partial charge in [0, 0.05) is 61.2 Å². The molecule has 0 spiro atoms. The first kappa shape index (κ1) is 81.3. The van der Waals surface area contributed by atoms with Crippen LogP contribution >= 0.6 is 0 Å². The standard InChI is InChI=1S/C71H55N.C62H47N/c1-69(2)63-38-51(44-14-8-7-9-15-44)24-30-57(63)60-33-27-54(41-66(60)69)72(55-28-34-61-58-31-25-52(39-64(58)70(3,4)67(61)42-55)49-22-20-45-16-10-12-18-47(45)36-49)56-29-35-62-59-32-26-53(40-65(59)71(5,6)68(62)43-56)50-23-21-46-17-11-13-19-48(46)37-50;1-61(2)57-21-13-12-20-52(57)53-33-26-43(37-58(53)61)42-24-30-47(31-25-42)63(46-28-22-41(23-29-46)40-14-6-5-7-15-40)48-32-35-55-54-34-27-45(38-59(54)62(3,4)60(55)39-48)56-36-44-16-8-9-17-49(44)50-18-10-11-19-51(50)56/h7-43H,1-6H3;5-39H,1-4H3. The molecule has 644 valence electrons. The second-order valence-corrected chi connectivity index (χ2v) is 40.7. The summed E-state index contributed by atoms with van der Waals surface area (Å²) in [4.78, 5) is 4.96. The Bertz CT molecular complexity index is 8300. The minimum Gasteiger partial charge on any atom is -0.310 e. The molecule has 26 rings (SSSR count). The van der Waals surface area contributed by atoms with E-state index in [4.69, 9.17) is 0 Å². The van der Waals surface area contributed by atoms with E-state index in [0.29, 0.717) is 0 Å². The molecule has 0 aliphatic heterocycles. The zero-order valence-corrected chi connectivity index (χ0v) is 78.0. The summed E-state index contributed by atoms with van der Waals surface area (Å²) in [5.74, 6) is 0. The van der Waals surface area contributed by atoms with Crippen LogP contribution in [-0.2, 0) is 27.1 Å². The van der Waals surface area contributed by atoms with Crippen molar-refractivity contribution in [2.24, 2.45) is 0 Å². The summed E-state index contributed by atoms with van der Waals surface area (Å²) in [5.41, 5.74) is 47.9. The molecule has 0 radical (unpaired) electrons. The van der Waals surface area contributed by atoms with Crippen LogP contribution in [0.2, 0.25) is 0 Å². The summed E-state index contributed by atoms with van der Waals surface area (Å²) in [6.07, 6.45) is 0. The van der Waals surface area contributed by atoms with Gasteiger partial charge in [0.05, 0.1) is 0 Å². The third-order valence-electron chi connectivity index (χ3n) is 31.3. The molecule has 2 heteroatoms. The van der Waals surface area contributed by atoms with Crippen LogP contribution in [0.3, 0.4) is 0 Å². The Balaban J connectivity index is 0.000000145. The lowest BCUT2D eigenvalue weighted by Gasteiger charge is -2.31. The van der Waals surface area contributed by atoms with Gasteiger partial charge in [0.15, 0.2) is 0 Å². The summed E-state index contributed by atoms with van der Waals surface area (Å²) in [6, 6.07) is 164. The Morgan fingerprint density at radius 1 is 0.126 bits per heavy atom. The lowest BCUT2D eigenvalue weighted by atomic mass is 9.80. The van der Waals surface area contributed by atoms with Crippen LogP contribution < -0.4 is 9.80 Å². The van der Waals surface area contributed by atoms with E-state index in [1.165, 1.54) is 221 Å². The van der Waals surface area contributed by atoms with Crippen molar-refractivity contribution in [2.45, 2.75) is 96.3 Å². The van der Waals surface area contributed by atoms with Crippen LogP contribution in [0.25, 0.3) is 165 Å². The van der Waals surface area contributed by atoms with Crippen molar-refractivity contribution in [1.29, 1.82) is 0 Å². The third kappa shape index (κ3) is 13.0. The van der Waals surface area contributed by atoms with Gasteiger partial charge >= 0.3 is 0 Å². The van der Waals surface area contributed by atoms with Gasteiger partial charge in [-0.15, -0.1) is 0 Å². The molecule has 2 nitrogen and oxygen atoms in total. The molecule has 0 saturated carbocycles. The quantitative estimate of drug-likeness (QED) is 0.113. The number of anilines is 6. The zero-order chi connectivity index (χ0) is 91.1. The molecular formula is C133H102N2. The molecule has 0 N–H and O–H groups in total. The average molecular weight is 1730 g/mol. The fourth-order valence-electron chi connectivity index (χ4n) is 23.8. The second-order valence-electron chi connectivity index (χ2n) is 40.7. The molecule has 0 atom stereocenters. The largest absolute Gasteiger partial charge is 0.310 e. The van der Waals surface area contributed by atoms with E-state index in [-0.39, 0.29) is 27.1 Å². The number of hydrogen-bond acceptors (Lipinski definition) is 2. The van der Waals surface area contributed by atoms with E-state index in [2.05, 4.69) is 516 Å². The number of fused-ring (bicyclic) bond motifs is 20. The minimum atomic E-state index is -0.221. The molecule has 0 heterocycles. The maximum absolute atomic E-state index is 2.54. The topological polar surface area (TPSA) is 6.48 Å². The van der Waals surface area contributed by atoms with E-state index in [1.54, 1.807) is 0 Å². The van der Waals surface area contributed by atoms with Crippen LogP contribution in [0.4, 0.5) is 34.1 Å². The summed E-state index contributed by atoms with van der Waals surface area (Å²) >= 11 is 0. The normalized spacial score (nSPS) is 14.4. The predicted molar refractivity (Wildman–Crippen MR) is 573 cm³/mol. The number of nitrogens with zero attached hydrogens (tertiary/aromatic N) is 2. The van der Waals surface area contributed by atoms with E-state index >= 15 is 0 Å². The molecule has 21 aromatic rings. The maximum atomic E-state index is 2.54. The van der Waals surface area contributed by atoms with Crippen LogP contribution in [-0.4, -0.2) is 0 Å². The van der Waals surface area contributed by atoms with E-state index in [9.17, 15) is 0 Å². The van der Waals surface area contributed by atoms with Gasteiger partial charge < -0.3 is 9.80 Å². The van der Waals surface area contributed by atoms with Gasteiger partial charge in [-0.05, 0) is 342 Å². The molecule has 0 aromatic heterocycles. The first-order valence-electron chi connectivity index (χ1n) is 47.9. The average Bonchev–Trinajstić information content (AvgIpc) is 1.61. The van der Waals surface area contributed by atoms with E-state index < -0.39 is 0 Å². The highest BCUT2D eigenvalue weighted by Crippen LogP contribution is 2.59. The fraction of sp³-hybridized carbons (Fsp3) is 0.113. The lowest BCUT2D eigenvalue weighted by molar-refractivity contribution is 0.659. The maximum Gasteiger partial charge on any atom is 0.0465 e. The zero-order valence-electron chi connectivity index (χ0n) is 78.0. The van der Waals surface area contributed by atoms with Gasteiger partial charge in [-0.1, -0.05) is 385 Å².